The van der Waals surface area contributed by atoms with E-state index in [1.165, 1.54) is 23.3 Å². The van der Waals surface area contributed by atoms with Crippen molar-refractivity contribution >= 4 is 0 Å². The second kappa shape index (κ2) is 9.76. The first-order valence-corrected chi connectivity index (χ1v) is 11.5. The van der Waals surface area contributed by atoms with Gasteiger partial charge in [0.2, 0.25) is 0 Å². The van der Waals surface area contributed by atoms with Gasteiger partial charge in [0.15, 0.2) is 0 Å². The Balaban J connectivity index is 1.65. The lowest BCUT2D eigenvalue weighted by atomic mass is 9.87. The molecule has 0 saturated heterocycles. The van der Waals surface area contributed by atoms with Gasteiger partial charge in [-0.3, -0.25) is 0 Å². The van der Waals surface area contributed by atoms with Crippen molar-refractivity contribution < 1.29 is 9.13 Å². The van der Waals surface area contributed by atoms with Gasteiger partial charge in [0.1, 0.15) is 11.6 Å². The molecule has 0 spiro atoms. The van der Waals surface area contributed by atoms with Gasteiger partial charge in [0.05, 0.1) is 6.61 Å². The van der Waals surface area contributed by atoms with Crippen molar-refractivity contribution in [2.24, 2.45) is 0 Å². The molecule has 0 bridgehead atoms. The summed E-state index contributed by atoms with van der Waals surface area (Å²) in [6.07, 6.45) is 0. The lowest BCUT2D eigenvalue weighted by Crippen LogP contribution is -1.93. The zero-order chi connectivity index (χ0) is 23.3. The molecule has 0 atom stereocenters. The zero-order valence-corrected chi connectivity index (χ0v) is 19.0. The Morgan fingerprint density at radius 1 is 0.500 bits per heavy atom. The van der Waals surface area contributed by atoms with Crippen molar-refractivity contribution in [2.45, 2.75) is 6.92 Å². The van der Waals surface area contributed by atoms with E-state index in [1.54, 1.807) is 0 Å². The van der Waals surface area contributed by atoms with Crippen LogP contribution in [0.15, 0.2) is 121 Å². The third-order valence-corrected chi connectivity index (χ3v) is 5.98. The van der Waals surface area contributed by atoms with Crippen molar-refractivity contribution in [3.63, 3.8) is 0 Å². The van der Waals surface area contributed by atoms with E-state index in [-0.39, 0.29) is 5.82 Å². The average Bonchev–Trinajstić information content (AvgIpc) is 2.90. The normalized spacial score (nSPS) is 10.8. The highest BCUT2D eigenvalue weighted by Crippen LogP contribution is 2.41. The van der Waals surface area contributed by atoms with Crippen LogP contribution in [0, 0.1) is 5.82 Å². The highest BCUT2D eigenvalue weighted by atomic mass is 19.1. The summed E-state index contributed by atoms with van der Waals surface area (Å²) in [7, 11) is 0. The molecule has 34 heavy (non-hydrogen) atoms. The van der Waals surface area contributed by atoms with E-state index in [0.29, 0.717) is 6.61 Å². The molecule has 0 saturated carbocycles. The maximum Gasteiger partial charge on any atom is 0.123 e. The average molecular weight is 445 g/mol. The summed E-state index contributed by atoms with van der Waals surface area (Å²) >= 11 is 0. The van der Waals surface area contributed by atoms with E-state index >= 15 is 0 Å². The zero-order valence-electron chi connectivity index (χ0n) is 19.0. The Labute approximate surface area is 200 Å². The Hall–Kier alpha value is -4.17. The van der Waals surface area contributed by atoms with Crippen LogP contribution in [0.2, 0.25) is 0 Å². The van der Waals surface area contributed by atoms with Gasteiger partial charge in [0.25, 0.3) is 0 Å². The highest BCUT2D eigenvalue weighted by Gasteiger charge is 2.14. The van der Waals surface area contributed by atoms with Crippen molar-refractivity contribution in [3.8, 4) is 50.3 Å². The van der Waals surface area contributed by atoms with Gasteiger partial charge in [-0.1, -0.05) is 97.1 Å². The SMILES string of the molecule is CCOc1ccc(-c2c(-c3ccc(F)cc3)cccc2-c2ccc(-c3ccccc3)cc2)cc1. The van der Waals surface area contributed by atoms with Crippen LogP contribution >= 0.6 is 0 Å². The van der Waals surface area contributed by atoms with E-state index in [9.17, 15) is 4.39 Å². The summed E-state index contributed by atoms with van der Waals surface area (Å²) < 4.78 is 19.3. The molecular weight excluding hydrogens is 419 g/mol. The molecule has 5 aromatic carbocycles. The van der Waals surface area contributed by atoms with Crippen LogP contribution in [0.5, 0.6) is 5.75 Å². The number of benzene rings is 5. The van der Waals surface area contributed by atoms with Gasteiger partial charge >= 0.3 is 0 Å². The second-order valence-corrected chi connectivity index (χ2v) is 8.14. The molecule has 166 valence electrons. The minimum Gasteiger partial charge on any atom is -0.494 e. The molecule has 0 aliphatic carbocycles. The lowest BCUT2D eigenvalue weighted by Gasteiger charge is -2.17. The molecule has 0 aromatic heterocycles. The largest absolute Gasteiger partial charge is 0.494 e. The topological polar surface area (TPSA) is 9.23 Å². The van der Waals surface area contributed by atoms with Gasteiger partial charge in [0, 0.05) is 0 Å². The first kappa shape index (κ1) is 21.7. The van der Waals surface area contributed by atoms with Crippen molar-refractivity contribution in [3.05, 3.63) is 127 Å². The quantitative estimate of drug-likeness (QED) is 0.254. The summed E-state index contributed by atoms with van der Waals surface area (Å²) in [5.74, 6) is 0.610. The number of ether oxygens (including phenoxy) is 1. The molecule has 0 radical (unpaired) electrons. The van der Waals surface area contributed by atoms with E-state index in [0.717, 1.165) is 39.1 Å². The molecule has 0 amide bonds. The first-order chi connectivity index (χ1) is 16.7. The van der Waals surface area contributed by atoms with Crippen molar-refractivity contribution in [1.29, 1.82) is 0 Å². The third-order valence-electron chi connectivity index (χ3n) is 5.98. The molecular formula is C32H25FO. The van der Waals surface area contributed by atoms with Gasteiger partial charge in [-0.2, -0.15) is 0 Å². The molecule has 2 heteroatoms. The van der Waals surface area contributed by atoms with Gasteiger partial charge in [-0.25, -0.2) is 4.39 Å². The summed E-state index contributed by atoms with van der Waals surface area (Å²) in [4.78, 5) is 0. The molecule has 0 aliphatic heterocycles. The fourth-order valence-corrected chi connectivity index (χ4v) is 4.33. The highest BCUT2D eigenvalue weighted by molar-refractivity contribution is 5.94. The van der Waals surface area contributed by atoms with Crippen LogP contribution in [0.4, 0.5) is 4.39 Å². The second-order valence-electron chi connectivity index (χ2n) is 8.14. The number of rotatable bonds is 6. The summed E-state index contributed by atoms with van der Waals surface area (Å²) in [6.45, 7) is 2.61. The fourth-order valence-electron chi connectivity index (χ4n) is 4.33. The van der Waals surface area contributed by atoms with Gasteiger partial charge in [-0.05, 0) is 75.7 Å². The summed E-state index contributed by atoms with van der Waals surface area (Å²) in [5.41, 5.74) is 8.89. The fraction of sp³-hybridized carbons (Fsp3) is 0.0625. The molecule has 1 nitrogen and oxygen atoms in total. The lowest BCUT2D eigenvalue weighted by molar-refractivity contribution is 0.340. The predicted molar refractivity (Wildman–Crippen MR) is 139 cm³/mol. The van der Waals surface area contributed by atoms with E-state index in [2.05, 4.69) is 78.9 Å². The Morgan fingerprint density at radius 2 is 1.00 bits per heavy atom. The summed E-state index contributed by atoms with van der Waals surface area (Å²) in [5, 5.41) is 0. The predicted octanol–water partition coefficient (Wildman–Crippen LogP) is 8.89. The molecule has 5 aromatic rings. The number of hydrogen-bond acceptors (Lipinski definition) is 1. The maximum absolute atomic E-state index is 13.7. The maximum atomic E-state index is 13.7. The first-order valence-electron chi connectivity index (χ1n) is 11.5. The molecule has 0 fully saturated rings. The van der Waals surface area contributed by atoms with Crippen LogP contribution in [0.3, 0.4) is 0 Å². The standard InChI is InChI=1S/C32H25FO/c1-2-34-29-21-17-27(18-22-29)32-30(9-6-10-31(32)26-15-19-28(33)20-16-26)25-13-11-24(12-14-25)23-7-4-3-5-8-23/h3-22H,2H2,1H3. The minimum absolute atomic E-state index is 0.237. The van der Waals surface area contributed by atoms with Crippen molar-refractivity contribution in [1.82, 2.24) is 0 Å². The van der Waals surface area contributed by atoms with Gasteiger partial charge < -0.3 is 4.74 Å². The van der Waals surface area contributed by atoms with E-state index < -0.39 is 0 Å². The smallest absolute Gasteiger partial charge is 0.123 e. The van der Waals surface area contributed by atoms with Crippen LogP contribution in [-0.4, -0.2) is 6.61 Å². The van der Waals surface area contributed by atoms with Crippen LogP contribution in [-0.2, 0) is 0 Å². The van der Waals surface area contributed by atoms with Crippen LogP contribution in [0.1, 0.15) is 6.92 Å². The Kier molecular flexibility index (Phi) is 6.22. The Morgan fingerprint density at radius 3 is 1.59 bits per heavy atom. The van der Waals surface area contributed by atoms with Crippen LogP contribution in [0.25, 0.3) is 44.5 Å². The molecule has 0 aliphatic rings. The minimum atomic E-state index is -0.237. The van der Waals surface area contributed by atoms with Crippen molar-refractivity contribution in [2.75, 3.05) is 6.61 Å². The number of hydrogen-bond donors (Lipinski definition) is 0. The number of halogens is 1. The monoisotopic (exact) mass is 444 g/mol. The molecule has 5 rings (SSSR count). The summed E-state index contributed by atoms with van der Waals surface area (Å²) in [6, 6.07) is 40.3. The van der Waals surface area contributed by atoms with Crippen LogP contribution < -0.4 is 4.74 Å². The molecule has 0 N–H and O–H groups in total. The van der Waals surface area contributed by atoms with Gasteiger partial charge in [-0.15, -0.1) is 0 Å². The Bertz CT molecular complexity index is 1370. The molecule has 0 heterocycles. The van der Waals surface area contributed by atoms with E-state index in [4.69, 9.17) is 4.74 Å². The van der Waals surface area contributed by atoms with E-state index in [1.807, 2.05) is 37.3 Å². The third kappa shape index (κ3) is 4.49. The molecule has 0 unspecified atom stereocenters.